The lowest BCUT2D eigenvalue weighted by atomic mass is 9.80. The van der Waals surface area contributed by atoms with Crippen LogP contribution in [0.5, 0.6) is 5.75 Å². The van der Waals surface area contributed by atoms with Crippen LogP contribution in [0.1, 0.15) is 18.1 Å². The molecule has 1 atom stereocenters. The van der Waals surface area contributed by atoms with Crippen LogP contribution in [0.15, 0.2) is 224 Å². The number of hydrogen-bond donors (Lipinski definition) is 0. The van der Waals surface area contributed by atoms with Crippen LogP contribution >= 0.6 is 0 Å². The van der Waals surface area contributed by atoms with E-state index in [2.05, 4.69) is 122 Å². The van der Waals surface area contributed by atoms with E-state index < -0.39 is 5.60 Å². The number of aromatic nitrogens is 6. The molecule has 0 amide bonds. The monoisotopic (exact) mass is 860 g/mol. The molecule has 3 heterocycles. The first kappa shape index (κ1) is 39.6. The predicted molar refractivity (Wildman–Crippen MR) is 268 cm³/mol. The Bertz CT molecular complexity index is 3560. The van der Waals surface area contributed by atoms with Gasteiger partial charge in [-0.15, -0.1) is 0 Å². The highest BCUT2D eigenvalue weighted by Gasteiger charge is 2.38. The maximum absolute atomic E-state index is 7.16. The molecule has 1 unspecified atom stereocenters. The fourth-order valence-electron chi connectivity index (χ4n) is 9.10. The van der Waals surface area contributed by atoms with E-state index in [4.69, 9.17) is 34.6 Å². The predicted octanol–water partition coefficient (Wildman–Crippen LogP) is 14.2. The molecule has 0 saturated heterocycles. The smallest absolute Gasteiger partial charge is 0.164 e. The third-order valence-corrected chi connectivity index (χ3v) is 12.6. The van der Waals surface area contributed by atoms with Gasteiger partial charge in [0, 0.05) is 44.5 Å². The van der Waals surface area contributed by atoms with Gasteiger partial charge in [0.05, 0.1) is 0 Å². The Morgan fingerprint density at radius 2 is 0.746 bits per heavy atom. The van der Waals surface area contributed by atoms with E-state index in [1.165, 1.54) is 0 Å². The highest BCUT2D eigenvalue weighted by Crippen LogP contribution is 2.50. The SMILES string of the molecule is CC1(c2ccccc2)Oc2cc(-c3ccc(-c4nc(-c5ccccc5)nc(-c5ccc6ccccc6c5)n4)cc3-c3nc(-c4ccccc4)nc(-c4ccccc4)n3)ccc2-c2ccccc21. The van der Waals surface area contributed by atoms with Crippen molar-refractivity contribution >= 4 is 10.8 Å². The van der Waals surface area contributed by atoms with Crippen molar-refractivity contribution in [3.05, 3.63) is 236 Å². The van der Waals surface area contributed by atoms with Gasteiger partial charge < -0.3 is 4.74 Å². The average molecular weight is 861 g/mol. The highest BCUT2D eigenvalue weighted by atomic mass is 16.5. The van der Waals surface area contributed by atoms with Gasteiger partial charge in [0.25, 0.3) is 0 Å². The van der Waals surface area contributed by atoms with Crippen molar-refractivity contribution in [3.63, 3.8) is 0 Å². The maximum atomic E-state index is 7.16. The molecular weight excluding hydrogens is 821 g/mol. The van der Waals surface area contributed by atoms with Gasteiger partial charge in [0.15, 0.2) is 40.5 Å². The minimum absolute atomic E-state index is 0.509. The summed E-state index contributed by atoms with van der Waals surface area (Å²) in [5.41, 5.74) is 10.6. The molecule has 1 aliphatic heterocycles. The van der Waals surface area contributed by atoms with E-state index in [9.17, 15) is 0 Å². The summed E-state index contributed by atoms with van der Waals surface area (Å²) in [7, 11) is 0. The third kappa shape index (κ3) is 7.38. The zero-order valence-corrected chi connectivity index (χ0v) is 36.5. The largest absolute Gasteiger partial charge is 0.477 e. The molecule has 0 bridgehead atoms. The molecule has 0 N–H and O–H groups in total. The summed E-state index contributed by atoms with van der Waals surface area (Å²) in [4.78, 5) is 31.0. The Kier molecular flexibility index (Phi) is 9.80. The molecule has 7 nitrogen and oxygen atoms in total. The van der Waals surface area contributed by atoms with Crippen LogP contribution < -0.4 is 4.74 Å². The van der Waals surface area contributed by atoms with Gasteiger partial charge in [0.1, 0.15) is 5.75 Å². The van der Waals surface area contributed by atoms with Crippen molar-refractivity contribution in [2.24, 2.45) is 0 Å². The Balaban J connectivity index is 1.08. The van der Waals surface area contributed by atoms with Crippen molar-refractivity contribution < 1.29 is 4.74 Å². The highest BCUT2D eigenvalue weighted by molar-refractivity contribution is 5.89. The van der Waals surface area contributed by atoms with Crippen molar-refractivity contribution in [2.75, 3.05) is 0 Å². The molecule has 0 saturated carbocycles. The summed E-state index contributed by atoms with van der Waals surface area (Å²) >= 11 is 0. The maximum Gasteiger partial charge on any atom is 0.164 e. The average Bonchev–Trinajstić information content (AvgIpc) is 3.41. The van der Waals surface area contributed by atoms with Crippen LogP contribution in [0.25, 0.3) is 101 Å². The third-order valence-electron chi connectivity index (χ3n) is 12.6. The minimum atomic E-state index is -0.725. The van der Waals surface area contributed by atoms with Gasteiger partial charge in [0.2, 0.25) is 0 Å². The van der Waals surface area contributed by atoms with E-state index in [0.29, 0.717) is 34.9 Å². The molecule has 9 aromatic carbocycles. The molecule has 7 heteroatoms. The standard InChI is InChI=1S/C60H40N6O/c1-60(47-26-12-5-13-27-47)52-29-17-16-28-49(52)50-35-32-44(38-53(50)67-60)48-34-33-46(37-51(48)59-65-55(41-21-8-3-9-22-41)61-56(66-59)42-23-10-4-11-24-42)58-63-54(40-19-6-2-7-20-40)62-57(64-58)45-31-30-39-18-14-15-25-43(39)36-45/h2-38H,1H3. The zero-order chi connectivity index (χ0) is 44.7. The van der Waals surface area contributed by atoms with E-state index >= 15 is 0 Å². The van der Waals surface area contributed by atoms with Crippen molar-refractivity contribution in [1.82, 2.24) is 29.9 Å². The summed E-state index contributed by atoms with van der Waals surface area (Å²) in [6, 6.07) is 76.5. The normalized spacial score (nSPS) is 13.9. The van der Waals surface area contributed by atoms with Crippen LogP contribution in [-0.4, -0.2) is 29.9 Å². The molecule has 0 aliphatic carbocycles. The van der Waals surface area contributed by atoms with Gasteiger partial charge in [-0.2, -0.15) is 0 Å². The molecule has 0 radical (unpaired) electrons. The molecule has 316 valence electrons. The van der Waals surface area contributed by atoms with Crippen LogP contribution in [0.3, 0.4) is 0 Å². The molecule has 67 heavy (non-hydrogen) atoms. The van der Waals surface area contributed by atoms with E-state index in [1.54, 1.807) is 0 Å². The van der Waals surface area contributed by atoms with Gasteiger partial charge >= 0.3 is 0 Å². The first-order valence-electron chi connectivity index (χ1n) is 22.4. The Labute approximate surface area is 388 Å². The first-order chi connectivity index (χ1) is 33.0. The molecule has 12 rings (SSSR count). The summed E-state index contributed by atoms with van der Waals surface area (Å²) in [6.07, 6.45) is 0. The lowest BCUT2D eigenvalue weighted by Crippen LogP contribution is -2.34. The van der Waals surface area contributed by atoms with Crippen LogP contribution in [0.4, 0.5) is 0 Å². The van der Waals surface area contributed by atoms with Gasteiger partial charge in [-0.25, -0.2) is 29.9 Å². The summed E-state index contributed by atoms with van der Waals surface area (Å²) in [5, 5.41) is 2.25. The van der Waals surface area contributed by atoms with Gasteiger partial charge in [-0.05, 0) is 58.1 Å². The topological polar surface area (TPSA) is 86.6 Å². The molecule has 0 spiro atoms. The fraction of sp³-hybridized carbons (Fsp3) is 0.0333. The Morgan fingerprint density at radius 1 is 0.299 bits per heavy atom. The molecule has 0 fully saturated rings. The number of ether oxygens (including phenoxy) is 1. The summed E-state index contributed by atoms with van der Waals surface area (Å²) in [5.74, 6) is 4.10. The number of nitrogens with zero attached hydrogens (tertiary/aromatic N) is 6. The first-order valence-corrected chi connectivity index (χ1v) is 22.4. The summed E-state index contributed by atoms with van der Waals surface area (Å²) in [6.45, 7) is 2.16. The fourth-order valence-corrected chi connectivity index (χ4v) is 9.10. The van der Waals surface area contributed by atoms with E-state index in [0.717, 1.165) is 83.3 Å². The number of rotatable bonds is 8. The second kappa shape index (κ2) is 16.6. The lowest BCUT2D eigenvalue weighted by Gasteiger charge is -2.38. The van der Waals surface area contributed by atoms with E-state index in [-0.39, 0.29) is 0 Å². The van der Waals surface area contributed by atoms with Crippen LogP contribution in [-0.2, 0) is 5.60 Å². The molecule has 2 aromatic heterocycles. The van der Waals surface area contributed by atoms with Crippen molar-refractivity contribution in [2.45, 2.75) is 12.5 Å². The number of hydrogen-bond acceptors (Lipinski definition) is 7. The Hall–Kier alpha value is -8.94. The quantitative estimate of drug-likeness (QED) is 0.150. The summed E-state index contributed by atoms with van der Waals surface area (Å²) < 4.78 is 7.16. The van der Waals surface area contributed by atoms with Crippen LogP contribution in [0, 0.1) is 0 Å². The van der Waals surface area contributed by atoms with Crippen LogP contribution in [0.2, 0.25) is 0 Å². The number of benzene rings is 9. The lowest BCUT2D eigenvalue weighted by molar-refractivity contribution is 0.129. The van der Waals surface area contributed by atoms with E-state index in [1.807, 2.05) is 109 Å². The Morgan fingerprint density at radius 3 is 1.36 bits per heavy atom. The van der Waals surface area contributed by atoms with Crippen molar-refractivity contribution in [3.8, 4) is 96.3 Å². The second-order valence-electron chi connectivity index (χ2n) is 16.8. The number of fused-ring (bicyclic) bond motifs is 4. The molecule has 1 aliphatic rings. The van der Waals surface area contributed by atoms with Crippen molar-refractivity contribution in [1.29, 1.82) is 0 Å². The molecule has 11 aromatic rings. The van der Waals surface area contributed by atoms with Gasteiger partial charge in [-0.3, -0.25) is 0 Å². The molecular formula is C60H40N6O. The minimum Gasteiger partial charge on any atom is -0.477 e. The second-order valence-corrected chi connectivity index (χ2v) is 16.8. The zero-order valence-electron chi connectivity index (χ0n) is 36.5. The van der Waals surface area contributed by atoms with Gasteiger partial charge in [-0.1, -0.05) is 206 Å².